The van der Waals surface area contributed by atoms with Gasteiger partial charge >= 0.3 is 0 Å². The second-order valence-electron chi connectivity index (χ2n) is 2.38. The van der Waals surface area contributed by atoms with Crippen LogP contribution in [0.15, 0.2) is 6.07 Å². The van der Waals surface area contributed by atoms with Gasteiger partial charge in [0, 0.05) is 11.7 Å². The van der Waals surface area contributed by atoms with E-state index in [1.54, 1.807) is 0 Å². The highest BCUT2D eigenvalue weighted by molar-refractivity contribution is 7.15. The van der Waals surface area contributed by atoms with E-state index in [0.29, 0.717) is 17.4 Å². The molecule has 0 aliphatic rings. The lowest BCUT2D eigenvalue weighted by Crippen LogP contribution is -1.96. The van der Waals surface area contributed by atoms with Crippen molar-refractivity contribution in [1.29, 1.82) is 5.26 Å². The number of rotatable bonds is 2. The summed E-state index contributed by atoms with van der Waals surface area (Å²) in [5, 5.41) is 8.74. The van der Waals surface area contributed by atoms with Crippen molar-refractivity contribution in [2.45, 2.75) is 12.8 Å². The third-order valence-corrected chi connectivity index (χ3v) is 2.28. The van der Waals surface area contributed by atoms with Crippen molar-refractivity contribution in [2.75, 3.05) is 0 Å². The first-order valence-corrected chi connectivity index (χ1v) is 4.76. The fourth-order valence-electron chi connectivity index (χ4n) is 0.938. The van der Waals surface area contributed by atoms with Gasteiger partial charge in [0.05, 0.1) is 11.3 Å². The molecular weight excluding hydrogens is 210 g/mol. The Kier molecular flexibility index (Phi) is 3.59. The summed E-state index contributed by atoms with van der Waals surface area (Å²) < 4.78 is 12.4. The van der Waals surface area contributed by atoms with E-state index in [1.165, 1.54) is 6.07 Å². The molecule has 2 nitrogen and oxygen atoms in total. The molecule has 0 aliphatic carbocycles. The van der Waals surface area contributed by atoms with Crippen LogP contribution in [0.3, 0.4) is 0 Å². The minimum atomic E-state index is -0.622. The van der Waals surface area contributed by atoms with Crippen LogP contribution in [0.1, 0.15) is 16.8 Å². The molecule has 1 atom stereocenters. The topological polar surface area (TPSA) is 36.7 Å². The number of hydrogen-bond donors (Lipinski definition) is 0. The van der Waals surface area contributed by atoms with Crippen LogP contribution < -0.4 is 0 Å². The van der Waals surface area contributed by atoms with E-state index in [1.807, 2.05) is 6.07 Å². The van der Waals surface area contributed by atoms with Gasteiger partial charge in [-0.05, 0) is 6.07 Å². The quantitative estimate of drug-likeness (QED) is 0.562. The fraction of sp³-hybridized carbons (Fsp3) is 0.250. The summed E-state index contributed by atoms with van der Waals surface area (Å²) in [4.78, 5) is 3.92. The maximum absolute atomic E-state index is 12.4. The Bertz CT molecular complexity index is 362. The lowest BCUT2D eigenvalue weighted by Gasteiger charge is -2.04. The Balaban J connectivity index is 3.28. The van der Waals surface area contributed by atoms with Crippen LogP contribution in [-0.2, 0) is 12.8 Å². The van der Waals surface area contributed by atoms with E-state index < -0.39 is 6.67 Å². The Morgan fingerprint density at radius 3 is 2.85 bits per heavy atom. The highest BCUT2D eigenvalue weighted by atomic mass is 35.5. The first-order chi connectivity index (χ1) is 6.22. The fourth-order valence-corrected chi connectivity index (χ4v) is 1.49. The number of nitriles is 1. The maximum atomic E-state index is 12.4. The summed E-state index contributed by atoms with van der Waals surface area (Å²) in [6.07, 6.45) is 0.532. The van der Waals surface area contributed by atoms with E-state index in [4.69, 9.17) is 16.9 Å². The van der Waals surface area contributed by atoms with Crippen molar-refractivity contribution < 1.29 is 4.39 Å². The largest absolute Gasteiger partial charge is 0.246 e. The molecule has 68 valence electrons. The first kappa shape index (κ1) is 10.4. The summed E-state index contributed by atoms with van der Waals surface area (Å²) >= 11 is 5.67. The van der Waals surface area contributed by atoms with E-state index in [0.717, 1.165) is 0 Å². The van der Waals surface area contributed by atoms with Gasteiger partial charge < -0.3 is 0 Å². The summed E-state index contributed by atoms with van der Waals surface area (Å²) in [6.45, 7) is -0.622. The van der Waals surface area contributed by atoms with Crippen LogP contribution in [-0.4, -0.2) is 4.98 Å². The molecule has 0 radical (unpaired) electrons. The highest BCUT2D eigenvalue weighted by Gasteiger charge is 2.08. The Morgan fingerprint density at radius 1 is 1.69 bits per heavy atom. The molecule has 0 spiro atoms. The molecule has 1 aromatic rings. The summed E-state index contributed by atoms with van der Waals surface area (Å²) in [7, 11) is 2.44. The number of aromatic nitrogens is 1. The Morgan fingerprint density at radius 2 is 2.38 bits per heavy atom. The van der Waals surface area contributed by atoms with Crippen LogP contribution in [0, 0.1) is 11.3 Å². The van der Waals surface area contributed by atoms with E-state index in [2.05, 4.69) is 14.2 Å². The molecule has 1 heterocycles. The van der Waals surface area contributed by atoms with Crippen LogP contribution >= 0.6 is 20.8 Å². The average Bonchev–Trinajstić information content (AvgIpc) is 2.17. The molecule has 5 heteroatoms. The minimum absolute atomic E-state index is 0.136. The minimum Gasteiger partial charge on any atom is -0.246 e. The van der Waals surface area contributed by atoms with Crippen LogP contribution in [0.4, 0.5) is 4.39 Å². The lowest BCUT2D eigenvalue weighted by molar-refractivity contribution is 0.482. The third-order valence-electron chi connectivity index (χ3n) is 1.60. The summed E-state index contributed by atoms with van der Waals surface area (Å²) in [6, 6.07) is 3.29. The summed E-state index contributed by atoms with van der Waals surface area (Å²) in [5.41, 5.74) is 1.23. The number of pyridine rings is 1. The van der Waals surface area contributed by atoms with Gasteiger partial charge in [-0.3, -0.25) is 0 Å². The summed E-state index contributed by atoms with van der Waals surface area (Å²) in [5.74, 6) is 0. The van der Waals surface area contributed by atoms with Crippen LogP contribution in [0.2, 0.25) is 5.15 Å². The van der Waals surface area contributed by atoms with Gasteiger partial charge in [-0.1, -0.05) is 11.6 Å². The van der Waals surface area contributed by atoms with E-state index in [-0.39, 0.29) is 10.7 Å². The average molecular weight is 217 g/mol. The second kappa shape index (κ2) is 4.50. The van der Waals surface area contributed by atoms with Crippen molar-refractivity contribution >= 4 is 20.8 Å². The maximum Gasteiger partial charge on any atom is 0.147 e. The third kappa shape index (κ3) is 2.15. The predicted molar refractivity (Wildman–Crippen MR) is 52.2 cm³/mol. The monoisotopic (exact) mass is 216 g/mol. The van der Waals surface area contributed by atoms with Gasteiger partial charge in [-0.15, -0.1) is 9.24 Å². The standard InChI is InChI=1S/C8H7ClFN2P/c9-8-6(3-11)1-5(2-10)7(4-13)12-8/h1H,2,4,13H2. The van der Waals surface area contributed by atoms with Gasteiger partial charge in [0.1, 0.15) is 17.9 Å². The van der Waals surface area contributed by atoms with Crippen molar-refractivity contribution in [3.05, 3.63) is 28.0 Å². The molecule has 0 saturated carbocycles. The van der Waals surface area contributed by atoms with Crippen LogP contribution in [0.25, 0.3) is 0 Å². The number of halogens is 2. The molecule has 1 rings (SSSR count). The molecule has 0 aliphatic heterocycles. The van der Waals surface area contributed by atoms with Gasteiger partial charge in [0.25, 0.3) is 0 Å². The molecule has 0 aromatic carbocycles. The van der Waals surface area contributed by atoms with Crippen molar-refractivity contribution in [1.82, 2.24) is 4.98 Å². The Hall–Kier alpha value is -0.710. The van der Waals surface area contributed by atoms with Crippen molar-refractivity contribution in [2.24, 2.45) is 0 Å². The first-order valence-electron chi connectivity index (χ1n) is 3.57. The zero-order valence-corrected chi connectivity index (χ0v) is 8.63. The van der Waals surface area contributed by atoms with Crippen molar-refractivity contribution in [3.8, 4) is 6.07 Å². The highest BCUT2D eigenvalue weighted by Crippen LogP contribution is 2.19. The molecular formula is C8H7ClFN2P. The zero-order chi connectivity index (χ0) is 9.84. The number of hydrogen-bond acceptors (Lipinski definition) is 2. The molecule has 0 N–H and O–H groups in total. The number of nitrogens with zero attached hydrogens (tertiary/aromatic N) is 2. The molecule has 1 unspecified atom stereocenters. The van der Waals surface area contributed by atoms with Gasteiger partial charge in [0.15, 0.2) is 0 Å². The van der Waals surface area contributed by atoms with Gasteiger partial charge in [-0.2, -0.15) is 5.26 Å². The smallest absolute Gasteiger partial charge is 0.147 e. The molecule has 0 fully saturated rings. The van der Waals surface area contributed by atoms with Gasteiger partial charge in [-0.25, -0.2) is 9.37 Å². The predicted octanol–water partition coefficient (Wildman–Crippen LogP) is 2.45. The second-order valence-corrected chi connectivity index (χ2v) is 3.15. The molecule has 0 amide bonds. The molecule has 1 aromatic heterocycles. The lowest BCUT2D eigenvalue weighted by atomic mass is 10.2. The zero-order valence-electron chi connectivity index (χ0n) is 6.72. The normalized spacial score (nSPS) is 9.69. The van der Waals surface area contributed by atoms with E-state index >= 15 is 0 Å². The molecule has 13 heavy (non-hydrogen) atoms. The van der Waals surface area contributed by atoms with Gasteiger partial charge in [0.2, 0.25) is 0 Å². The number of alkyl halides is 1. The molecule has 0 saturated heterocycles. The SMILES string of the molecule is N#Cc1cc(CF)c(CP)nc1Cl. The molecule has 0 bridgehead atoms. The van der Waals surface area contributed by atoms with E-state index in [9.17, 15) is 4.39 Å². The Labute approximate surface area is 82.9 Å². The van der Waals surface area contributed by atoms with Crippen LogP contribution in [0.5, 0.6) is 0 Å². The van der Waals surface area contributed by atoms with Crippen molar-refractivity contribution in [3.63, 3.8) is 0 Å².